The lowest BCUT2D eigenvalue weighted by atomic mass is 9.85. The van der Waals surface area contributed by atoms with Crippen LogP contribution in [0.25, 0.3) is 0 Å². The zero-order valence-corrected chi connectivity index (χ0v) is 15.8. The molecular weight excluding hydrogens is 322 g/mol. The van der Waals surface area contributed by atoms with Gasteiger partial charge in [0, 0.05) is 29.4 Å². The number of aliphatic hydroxyl groups is 1. The molecule has 0 spiro atoms. The first-order chi connectivity index (χ1) is 11.3. The summed E-state index contributed by atoms with van der Waals surface area (Å²) in [6.45, 7) is 11.0. The van der Waals surface area contributed by atoms with E-state index >= 15 is 0 Å². The van der Waals surface area contributed by atoms with E-state index in [1.165, 1.54) is 11.1 Å². The molecular formula is C19H28ClN3O. The summed E-state index contributed by atoms with van der Waals surface area (Å²) >= 11 is 6.08. The zero-order valence-electron chi connectivity index (χ0n) is 15.1. The van der Waals surface area contributed by atoms with Gasteiger partial charge in [0.15, 0.2) is 0 Å². The standard InChI is InChI=1S/C19H28ClN3O/c1-14-18(15(2)23(22-14)8-9-24)12-21-13-19(3,4)11-16-6-5-7-17(20)10-16/h5-7,10,21,24H,8-9,11-13H2,1-4H3. The molecule has 0 radical (unpaired) electrons. The molecule has 0 saturated heterocycles. The van der Waals surface area contributed by atoms with Crippen LogP contribution in [0.5, 0.6) is 0 Å². The molecule has 132 valence electrons. The number of nitrogens with zero attached hydrogens (tertiary/aromatic N) is 2. The Kier molecular flexibility index (Phi) is 6.44. The van der Waals surface area contributed by atoms with Crippen LogP contribution in [0, 0.1) is 19.3 Å². The summed E-state index contributed by atoms with van der Waals surface area (Å²) in [4.78, 5) is 0. The SMILES string of the molecule is Cc1nn(CCO)c(C)c1CNCC(C)(C)Cc1cccc(Cl)c1. The summed E-state index contributed by atoms with van der Waals surface area (Å²) in [5.41, 5.74) is 4.77. The molecule has 1 heterocycles. The number of aliphatic hydroxyl groups excluding tert-OH is 1. The van der Waals surface area contributed by atoms with Crippen molar-refractivity contribution in [2.45, 2.75) is 47.2 Å². The first-order valence-electron chi connectivity index (χ1n) is 8.41. The summed E-state index contributed by atoms with van der Waals surface area (Å²) in [5.74, 6) is 0. The maximum absolute atomic E-state index is 9.10. The second-order valence-electron chi connectivity index (χ2n) is 7.17. The van der Waals surface area contributed by atoms with Crippen molar-refractivity contribution in [3.05, 3.63) is 51.8 Å². The van der Waals surface area contributed by atoms with E-state index in [-0.39, 0.29) is 12.0 Å². The predicted molar refractivity (Wildman–Crippen MR) is 99.4 cm³/mol. The van der Waals surface area contributed by atoms with Gasteiger partial charge in [-0.3, -0.25) is 4.68 Å². The third-order valence-corrected chi connectivity index (χ3v) is 4.56. The largest absolute Gasteiger partial charge is 0.394 e. The number of hydrogen-bond donors (Lipinski definition) is 2. The van der Waals surface area contributed by atoms with Crippen molar-refractivity contribution in [2.75, 3.05) is 13.2 Å². The van der Waals surface area contributed by atoms with Crippen molar-refractivity contribution in [3.63, 3.8) is 0 Å². The smallest absolute Gasteiger partial charge is 0.0644 e. The molecule has 2 N–H and O–H groups in total. The van der Waals surface area contributed by atoms with Crippen LogP contribution in [0.15, 0.2) is 24.3 Å². The summed E-state index contributed by atoms with van der Waals surface area (Å²) in [6.07, 6.45) is 0.975. The summed E-state index contributed by atoms with van der Waals surface area (Å²) < 4.78 is 1.88. The van der Waals surface area contributed by atoms with Crippen LogP contribution in [0.4, 0.5) is 0 Å². The molecule has 0 aliphatic rings. The average Bonchev–Trinajstić information content (AvgIpc) is 2.74. The highest BCUT2D eigenvalue weighted by Crippen LogP contribution is 2.23. The number of benzene rings is 1. The van der Waals surface area contributed by atoms with E-state index in [9.17, 15) is 0 Å². The molecule has 5 heteroatoms. The van der Waals surface area contributed by atoms with Crippen molar-refractivity contribution in [2.24, 2.45) is 5.41 Å². The number of aryl methyl sites for hydroxylation is 1. The molecule has 0 saturated carbocycles. The van der Waals surface area contributed by atoms with E-state index in [0.717, 1.165) is 35.9 Å². The van der Waals surface area contributed by atoms with Crippen LogP contribution < -0.4 is 5.32 Å². The molecule has 0 fully saturated rings. The maximum Gasteiger partial charge on any atom is 0.0644 e. The van der Waals surface area contributed by atoms with Gasteiger partial charge in [-0.2, -0.15) is 5.10 Å². The van der Waals surface area contributed by atoms with Gasteiger partial charge in [0.05, 0.1) is 18.8 Å². The third kappa shape index (κ3) is 5.07. The minimum atomic E-state index is 0.113. The van der Waals surface area contributed by atoms with Crippen molar-refractivity contribution in [1.29, 1.82) is 0 Å². The van der Waals surface area contributed by atoms with Crippen molar-refractivity contribution in [3.8, 4) is 0 Å². The minimum absolute atomic E-state index is 0.113. The highest BCUT2D eigenvalue weighted by atomic mass is 35.5. The molecule has 0 aliphatic heterocycles. The molecule has 1 aromatic heterocycles. The quantitative estimate of drug-likeness (QED) is 0.766. The van der Waals surface area contributed by atoms with Crippen LogP contribution in [-0.4, -0.2) is 28.0 Å². The van der Waals surface area contributed by atoms with Gasteiger partial charge in [-0.25, -0.2) is 0 Å². The Morgan fingerprint density at radius 2 is 2.04 bits per heavy atom. The monoisotopic (exact) mass is 349 g/mol. The van der Waals surface area contributed by atoms with Gasteiger partial charge >= 0.3 is 0 Å². The predicted octanol–water partition coefficient (Wildman–Crippen LogP) is 3.50. The second-order valence-corrected chi connectivity index (χ2v) is 7.61. The Morgan fingerprint density at radius 3 is 2.71 bits per heavy atom. The lowest BCUT2D eigenvalue weighted by Gasteiger charge is -2.25. The molecule has 1 aromatic carbocycles. The number of aromatic nitrogens is 2. The Hall–Kier alpha value is -1.36. The number of halogens is 1. The van der Waals surface area contributed by atoms with E-state index < -0.39 is 0 Å². The molecule has 0 bridgehead atoms. The molecule has 2 rings (SSSR count). The number of hydrogen-bond acceptors (Lipinski definition) is 3. The van der Waals surface area contributed by atoms with Gasteiger partial charge in [0.1, 0.15) is 0 Å². The van der Waals surface area contributed by atoms with Gasteiger partial charge in [-0.05, 0) is 43.4 Å². The normalized spacial score (nSPS) is 11.9. The van der Waals surface area contributed by atoms with Gasteiger partial charge in [0.25, 0.3) is 0 Å². The van der Waals surface area contributed by atoms with Crippen LogP contribution in [0.2, 0.25) is 5.02 Å². The highest BCUT2D eigenvalue weighted by molar-refractivity contribution is 6.30. The summed E-state index contributed by atoms with van der Waals surface area (Å²) in [6, 6.07) is 8.08. The Labute approximate surface area is 149 Å². The van der Waals surface area contributed by atoms with Crippen molar-refractivity contribution < 1.29 is 5.11 Å². The van der Waals surface area contributed by atoms with E-state index in [4.69, 9.17) is 16.7 Å². The fourth-order valence-electron chi connectivity index (χ4n) is 3.09. The first-order valence-corrected chi connectivity index (χ1v) is 8.79. The molecule has 0 unspecified atom stereocenters. The first kappa shape index (κ1) is 19.0. The average molecular weight is 350 g/mol. The lowest BCUT2D eigenvalue weighted by molar-refractivity contribution is 0.267. The number of rotatable bonds is 8. The molecule has 0 amide bonds. The number of nitrogens with one attached hydrogen (secondary N) is 1. The van der Waals surface area contributed by atoms with Crippen LogP contribution in [0.3, 0.4) is 0 Å². The lowest BCUT2D eigenvalue weighted by Crippen LogP contribution is -2.31. The summed E-state index contributed by atoms with van der Waals surface area (Å²) in [7, 11) is 0. The molecule has 24 heavy (non-hydrogen) atoms. The van der Waals surface area contributed by atoms with Crippen molar-refractivity contribution >= 4 is 11.6 Å². The van der Waals surface area contributed by atoms with Crippen molar-refractivity contribution in [1.82, 2.24) is 15.1 Å². The van der Waals surface area contributed by atoms with E-state index in [2.05, 4.69) is 37.3 Å². The molecule has 0 atom stereocenters. The van der Waals surface area contributed by atoms with Crippen LogP contribution in [-0.2, 0) is 19.5 Å². The zero-order chi connectivity index (χ0) is 17.7. The topological polar surface area (TPSA) is 50.1 Å². The fraction of sp³-hybridized carbons (Fsp3) is 0.526. The van der Waals surface area contributed by atoms with Crippen LogP contribution in [0.1, 0.15) is 36.4 Å². The minimum Gasteiger partial charge on any atom is -0.394 e. The Bertz CT molecular complexity index is 679. The van der Waals surface area contributed by atoms with Crippen LogP contribution >= 0.6 is 11.6 Å². The third-order valence-electron chi connectivity index (χ3n) is 4.32. The summed E-state index contributed by atoms with van der Waals surface area (Å²) in [5, 5.41) is 18.0. The Balaban J connectivity index is 1.93. The van der Waals surface area contributed by atoms with E-state index in [0.29, 0.717) is 6.54 Å². The van der Waals surface area contributed by atoms with Gasteiger partial charge in [0.2, 0.25) is 0 Å². The molecule has 2 aromatic rings. The van der Waals surface area contributed by atoms with Gasteiger partial charge < -0.3 is 10.4 Å². The second kappa shape index (κ2) is 8.15. The van der Waals surface area contributed by atoms with Gasteiger partial charge in [-0.15, -0.1) is 0 Å². The van der Waals surface area contributed by atoms with Gasteiger partial charge in [-0.1, -0.05) is 37.6 Å². The molecule has 4 nitrogen and oxygen atoms in total. The maximum atomic E-state index is 9.10. The van der Waals surface area contributed by atoms with E-state index in [1.54, 1.807) is 0 Å². The van der Waals surface area contributed by atoms with E-state index in [1.807, 2.05) is 29.8 Å². The fourth-order valence-corrected chi connectivity index (χ4v) is 3.30. The highest BCUT2D eigenvalue weighted by Gasteiger charge is 2.19. The molecule has 0 aliphatic carbocycles. The Morgan fingerprint density at radius 1 is 1.29 bits per heavy atom.